The third kappa shape index (κ3) is 2.96. The van der Waals surface area contributed by atoms with E-state index in [2.05, 4.69) is 4.98 Å². The molecule has 18 heavy (non-hydrogen) atoms. The molecule has 100 valence electrons. The zero-order valence-electron chi connectivity index (χ0n) is 10.5. The summed E-state index contributed by atoms with van der Waals surface area (Å²) in [6, 6.07) is -0.0570. The van der Waals surface area contributed by atoms with Gasteiger partial charge >= 0.3 is 11.8 Å². The van der Waals surface area contributed by atoms with Crippen molar-refractivity contribution in [2.45, 2.75) is 26.3 Å². The Balaban J connectivity index is 3.08. The van der Waals surface area contributed by atoms with Crippen molar-refractivity contribution >= 4 is 17.6 Å². The van der Waals surface area contributed by atoms with Crippen LogP contribution in [0.1, 0.15) is 20.3 Å². The number of nitrogens with zero attached hydrogens (tertiary/aromatic N) is 4. The molecule has 8 nitrogen and oxygen atoms in total. The van der Waals surface area contributed by atoms with Crippen molar-refractivity contribution in [3.8, 4) is 0 Å². The molecule has 0 bridgehead atoms. The molecule has 1 rings (SSSR count). The van der Waals surface area contributed by atoms with Crippen molar-refractivity contribution < 1.29 is 14.8 Å². The number of aryl methyl sites for hydroxylation is 1. The second-order valence-electron chi connectivity index (χ2n) is 4.19. The number of carbonyl (C=O) groups is 1. The number of aliphatic carboxylic acids is 1. The minimum Gasteiger partial charge on any atom is -0.481 e. The summed E-state index contributed by atoms with van der Waals surface area (Å²) in [5.41, 5.74) is 0. The van der Waals surface area contributed by atoms with Crippen molar-refractivity contribution in [3.05, 3.63) is 16.4 Å². The fraction of sp³-hybridized carbons (Fsp3) is 0.600. The molecule has 1 aromatic rings. The van der Waals surface area contributed by atoms with Gasteiger partial charge in [0.25, 0.3) is 0 Å². The number of hydrogen-bond donors (Lipinski definition) is 1. The summed E-state index contributed by atoms with van der Waals surface area (Å²) >= 11 is 0. The van der Waals surface area contributed by atoms with Gasteiger partial charge in [0.1, 0.15) is 0 Å². The van der Waals surface area contributed by atoms with E-state index in [0.29, 0.717) is 5.82 Å². The van der Waals surface area contributed by atoms with E-state index in [9.17, 15) is 14.9 Å². The number of nitro groups is 1. The molecule has 0 saturated heterocycles. The van der Waals surface area contributed by atoms with Gasteiger partial charge in [0.15, 0.2) is 0 Å². The Labute approximate surface area is 104 Å². The van der Waals surface area contributed by atoms with Crippen molar-refractivity contribution in [2.24, 2.45) is 7.05 Å². The van der Waals surface area contributed by atoms with Gasteiger partial charge in [-0.05, 0) is 23.8 Å². The average molecular weight is 256 g/mol. The number of carboxylic acid groups (broad SMARTS) is 1. The molecule has 0 fully saturated rings. The number of hydrogen-bond acceptors (Lipinski definition) is 5. The number of aromatic nitrogens is 2. The van der Waals surface area contributed by atoms with E-state index in [1.807, 2.05) is 13.8 Å². The minimum absolute atomic E-state index is 0.0570. The van der Waals surface area contributed by atoms with Crippen LogP contribution in [0, 0.1) is 10.1 Å². The third-order valence-corrected chi connectivity index (χ3v) is 2.52. The summed E-state index contributed by atoms with van der Waals surface area (Å²) in [5.74, 6) is -0.863. The molecule has 0 aliphatic carbocycles. The van der Waals surface area contributed by atoms with Crippen molar-refractivity contribution in [2.75, 3.05) is 11.4 Å². The highest BCUT2D eigenvalue weighted by Crippen LogP contribution is 2.27. The molecule has 1 heterocycles. The maximum atomic E-state index is 10.9. The maximum Gasteiger partial charge on any atom is 0.406 e. The Hall–Kier alpha value is -2.12. The van der Waals surface area contributed by atoms with Gasteiger partial charge in [0.05, 0.1) is 6.42 Å². The van der Waals surface area contributed by atoms with Gasteiger partial charge in [0, 0.05) is 19.6 Å². The quantitative estimate of drug-likeness (QED) is 0.602. The van der Waals surface area contributed by atoms with Gasteiger partial charge < -0.3 is 20.1 Å². The largest absolute Gasteiger partial charge is 0.481 e. The molecular formula is C10H16N4O4. The second-order valence-corrected chi connectivity index (χ2v) is 4.19. The van der Waals surface area contributed by atoms with Crippen LogP contribution >= 0.6 is 0 Å². The Morgan fingerprint density at radius 3 is 2.72 bits per heavy atom. The normalized spacial score (nSPS) is 10.7. The molecule has 1 aromatic heterocycles. The van der Waals surface area contributed by atoms with Crippen LogP contribution in [-0.2, 0) is 11.8 Å². The second kappa shape index (κ2) is 5.48. The monoisotopic (exact) mass is 256 g/mol. The van der Waals surface area contributed by atoms with E-state index >= 15 is 0 Å². The van der Waals surface area contributed by atoms with Crippen LogP contribution in [0.2, 0.25) is 0 Å². The summed E-state index contributed by atoms with van der Waals surface area (Å²) in [5, 5.41) is 19.6. The smallest absolute Gasteiger partial charge is 0.406 e. The lowest BCUT2D eigenvalue weighted by molar-refractivity contribution is -0.388. The van der Waals surface area contributed by atoms with E-state index in [1.165, 1.54) is 10.9 Å². The molecule has 0 radical (unpaired) electrons. The highest BCUT2D eigenvalue weighted by molar-refractivity contribution is 5.68. The Bertz CT molecular complexity index is 455. The Morgan fingerprint density at radius 2 is 2.28 bits per heavy atom. The van der Waals surface area contributed by atoms with E-state index in [1.54, 1.807) is 11.9 Å². The van der Waals surface area contributed by atoms with E-state index < -0.39 is 10.9 Å². The molecule has 0 atom stereocenters. The highest BCUT2D eigenvalue weighted by atomic mass is 16.6. The summed E-state index contributed by atoms with van der Waals surface area (Å²) in [7, 11) is 1.64. The number of carboxylic acids is 1. The Kier molecular flexibility index (Phi) is 4.24. The molecule has 0 amide bonds. The standard InChI is InChI=1S/C10H16N4O4/c1-7(2)13(5-4-8(15)16)10-9(14(17)18)11-6-12(10)3/h6-7H,4-5H2,1-3H3,(H,15,16). The van der Waals surface area contributed by atoms with Gasteiger partial charge in [-0.3, -0.25) is 9.36 Å². The van der Waals surface area contributed by atoms with Crippen LogP contribution < -0.4 is 4.90 Å². The van der Waals surface area contributed by atoms with Crippen molar-refractivity contribution in [3.63, 3.8) is 0 Å². The van der Waals surface area contributed by atoms with Crippen LogP contribution in [0.15, 0.2) is 6.33 Å². The van der Waals surface area contributed by atoms with Crippen LogP contribution in [0.3, 0.4) is 0 Å². The summed E-state index contributed by atoms with van der Waals surface area (Å²) in [6.45, 7) is 3.89. The van der Waals surface area contributed by atoms with Crippen LogP contribution in [-0.4, -0.2) is 38.1 Å². The summed E-state index contributed by atoms with van der Waals surface area (Å²) < 4.78 is 1.53. The topological polar surface area (TPSA) is 102 Å². The maximum absolute atomic E-state index is 10.9. The van der Waals surface area contributed by atoms with Gasteiger partial charge in [-0.2, -0.15) is 0 Å². The fourth-order valence-electron chi connectivity index (χ4n) is 1.70. The molecule has 8 heteroatoms. The first-order valence-corrected chi connectivity index (χ1v) is 5.48. The van der Waals surface area contributed by atoms with Crippen molar-refractivity contribution in [1.82, 2.24) is 9.55 Å². The molecule has 0 unspecified atom stereocenters. The predicted octanol–water partition coefficient (Wildman–Crippen LogP) is 1.02. The molecule has 0 aliphatic heterocycles. The first kappa shape index (κ1) is 13.9. The zero-order chi connectivity index (χ0) is 13.9. The molecule has 0 aliphatic rings. The van der Waals surface area contributed by atoms with Crippen LogP contribution in [0.5, 0.6) is 0 Å². The summed E-state index contributed by atoms with van der Waals surface area (Å²) in [6.07, 6.45) is 1.27. The van der Waals surface area contributed by atoms with Gasteiger partial charge in [0.2, 0.25) is 12.1 Å². The molecular weight excluding hydrogens is 240 g/mol. The van der Waals surface area contributed by atoms with Crippen LogP contribution in [0.25, 0.3) is 0 Å². The lowest BCUT2D eigenvalue weighted by atomic mass is 10.3. The van der Waals surface area contributed by atoms with Crippen molar-refractivity contribution in [1.29, 1.82) is 0 Å². The SMILES string of the molecule is CC(C)N(CCC(=O)O)c1c([N+](=O)[O-])ncn1C. The minimum atomic E-state index is -0.939. The van der Waals surface area contributed by atoms with E-state index in [-0.39, 0.29) is 24.8 Å². The van der Waals surface area contributed by atoms with Gasteiger partial charge in [-0.25, -0.2) is 0 Å². The molecule has 1 N–H and O–H groups in total. The number of anilines is 1. The molecule has 0 spiro atoms. The molecule has 0 saturated carbocycles. The number of imidazole rings is 1. The third-order valence-electron chi connectivity index (χ3n) is 2.52. The van der Waals surface area contributed by atoms with Crippen LogP contribution in [0.4, 0.5) is 11.6 Å². The average Bonchev–Trinajstić information content (AvgIpc) is 2.60. The fourth-order valence-corrected chi connectivity index (χ4v) is 1.70. The van der Waals surface area contributed by atoms with Gasteiger partial charge in [-0.15, -0.1) is 0 Å². The van der Waals surface area contributed by atoms with Gasteiger partial charge in [-0.1, -0.05) is 0 Å². The first-order valence-electron chi connectivity index (χ1n) is 5.48. The zero-order valence-corrected chi connectivity index (χ0v) is 10.5. The summed E-state index contributed by atoms with van der Waals surface area (Å²) in [4.78, 5) is 26.3. The first-order chi connectivity index (χ1) is 8.34. The lowest BCUT2D eigenvalue weighted by Gasteiger charge is -2.27. The predicted molar refractivity (Wildman–Crippen MR) is 64.6 cm³/mol. The lowest BCUT2D eigenvalue weighted by Crippen LogP contribution is -2.34. The van der Waals surface area contributed by atoms with E-state index in [0.717, 1.165) is 0 Å². The van der Waals surface area contributed by atoms with E-state index in [4.69, 9.17) is 5.11 Å². The highest BCUT2D eigenvalue weighted by Gasteiger charge is 2.27. The molecule has 0 aromatic carbocycles. The Morgan fingerprint density at radius 1 is 1.67 bits per heavy atom. The number of rotatable bonds is 6.